The van der Waals surface area contributed by atoms with E-state index in [1.54, 1.807) is 12.1 Å². The first-order valence-electron chi connectivity index (χ1n) is 6.84. The van der Waals surface area contributed by atoms with Gasteiger partial charge >= 0.3 is 0 Å². The maximum atomic E-state index is 12.9. The lowest BCUT2D eigenvalue weighted by molar-refractivity contribution is 0.243. The van der Waals surface area contributed by atoms with Gasteiger partial charge in [-0.1, -0.05) is 30.3 Å². The molecular weight excluding hydrogens is 255 g/mol. The number of aliphatic hydroxyl groups excluding tert-OH is 1. The van der Waals surface area contributed by atoms with E-state index in [1.807, 2.05) is 30.3 Å². The molecule has 0 heterocycles. The van der Waals surface area contributed by atoms with Crippen LogP contribution in [0.3, 0.4) is 0 Å². The van der Waals surface area contributed by atoms with Gasteiger partial charge in [0, 0.05) is 12.5 Å². The molecule has 1 unspecified atom stereocenters. The Morgan fingerprint density at radius 2 is 1.70 bits per heavy atom. The topological polar surface area (TPSA) is 29.5 Å². The molecule has 0 spiro atoms. The van der Waals surface area contributed by atoms with Gasteiger partial charge in [0.15, 0.2) is 0 Å². The van der Waals surface area contributed by atoms with Crippen LogP contribution >= 0.6 is 0 Å². The summed E-state index contributed by atoms with van der Waals surface area (Å²) in [7, 11) is 0. The zero-order valence-corrected chi connectivity index (χ0v) is 11.3. The summed E-state index contributed by atoms with van der Waals surface area (Å²) < 4.78 is 18.5. The van der Waals surface area contributed by atoms with Crippen molar-refractivity contribution in [3.05, 3.63) is 66.0 Å². The van der Waals surface area contributed by atoms with Gasteiger partial charge in [0.2, 0.25) is 0 Å². The van der Waals surface area contributed by atoms with Crippen molar-refractivity contribution < 1.29 is 14.2 Å². The van der Waals surface area contributed by atoms with Crippen LogP contribution in [0.4, 0.5) is 4.39 Å². The van der Waals surface area contributed by atoms with Gasteiger partial charge < -0.3 is 9.84 Å². The highest BCUT2D eigenvalue weighted by Crippen LogP contribution is 2.21. The van der Waals surface area contributed by atoms with Crippen LogP contribution in [0.15, 0.2) is 54.6 Å². The monoisotopic (exact) mass is 274 g/mol. The van der Waals surface area contributed by atoms with E-state index in [2.05, 4.69) is 0 Å². The number of hydrogen-bond acceptors (Lipinski definition) is 2. The predicted molar refractivity (Wildman–Crippen MR) is 77.4 cm³/mol. The molecule has 2 nitrogen and oxygen atoms in total. The maximum absolute atomic E-state index is 12.9. The van der Waals surface area contributed by atoms with Gasteiger partial charge in [-0.3, -0.25) is 0 Å². The highest BCUT2D eigenvalue weighted by molar-refractivity contribution is 5.21. The number of para-hydroxylation sites is 1. The summed E-state index contributed by atoms with van der Waals surface area (Å²) in [4.78, 5) is 0. The van der Waals surface area contributed by atoms with Crippen molar-refractivity contribution in [3.8, 4) is 5.75 Å². The molecule has 0 radical (unpaired) electrons. The zero-order valence-electron chi connectivity index (χ0n) is 11.3. The zero-order chi connectivity index (χ0) is 14.2. The first-order valence-corrected chi connectivity index (χ1v) is 6.84. The highest BCUT2D eigenvalue weighted by Gasteiger charge is 2.10. The molecule has 0 saturated carbocycles. The molecule has 2 aromatic rings. The first-order chi connectivity index (χ1) is 9.79. The standard InChI is InChI=1S/C17H19FO2/c18-16-10-8-14(9-11-16)15(13-19)5-4-12-20-17-6-2-1-3-7-17/h1-3,6-11,15,19H,4-5,12-13H2. The summed E-state index contributed by atoms with van der Waals surface area (Å²) in [6.45, 7) is 0.679. The molecule has 2 aromatic carbocycles. The molecule has 0 aliphatic carbocycles. The molecular formula is C17H19FO2. The van der Waals surface area contributed by atoms with Crippen LogP contribution in [0.2, 0.25) is 0 Å². The molecule has 0 aliphatic rings. The minimum Gasteiger partial charge on any atom is -0.494 e. The Morgan fingerprint density at radius 3 is 2.35 bits per heavy atom. The van der Waals surface area contributed by atoms with Crippen molar-refractivity contribution in [2.75, 3.05) is 13.2 Å². The molecule has 1 N–H and O–H groups in total. The largest absolute Gasteiger partial charge is 0.494 e. The van der Waals surface area contributed by atoms with Gasteiger partial charge in [-0.25, -0.2) is 4.39 Å². The summed E-state index contributed by atoms with van der Waals surface area (Å²) in [6, 6.07) is 16.0. The number of aliphatic hydroxyl groups is 1. The number of hydrogen-bond donors (Lipinski definition) is 1. The number of benzene rings is 2. The highest BCUT2D eigenvalue weighted by atomic mass is 19.1. The van der Waals surface area contributed by atoms with Crippen molar-refractivity contribution in [1.82, 2.24) is 0 Å². The molecule has 20 heavy (non-hydrogen) atoms. The van der Waals surface area contributed by atoms with E-state index >= 15 is 0 Å². The molecule has 0 aliphatic heterocycles. The lowest BCUT2D eigenvalue weighted by Gasteiger charge is -2.14. The van der Waals surface area contributed by atoms with Crippen LogP contribution in [-0.4, -0.2) is 18.3 Å². The van der Waals surface area contributed by atoms with Crippen LogP contribution < -0.4 is 4.74 Å². The third-order valence-corrected chi connectivity index (χ3v) is 3.27. The summed E-state index contributed by atoms with van der Waals surface area (Å²) in [5.41, 5.74) is 0.966. The summed E-state index contributed by atoms with van der Waals surface area (Å²) in [5.74, 6) is 0.641. The second kappa shape index (κ2) is 7.65. The van der Waals surface area contributed by atoms with E-state index in [9.17, 15) is 9.50 Å². The Hall–Kier alpha value is -1.87. The lowest BCUT2D eigenvalue weighted by atomic mass is 9.95. The minimum atomic E-state index is -0.252. The van der Waals surface area contributed by atoms with E-state index in [0.717, 1.165) is 24.2 Å². The quantitative estimate of drug-likeness (QED) is 0.779. The van der Waals surface area contributed by atoms with E-state index in [-0.39, 0.29) is 18.3 Å². The molecule has 0 amide bonds. The van der Waals surface area contributed by atoms with Crippen molar-refractivity contribution >= 4 is 0 Å². The molecule has 0 saturated heterocycles. The fourth-order valence-corrected chi connectivity index (χ4v) is 2.13. The SMILES string of the molecule is OCC(CCCOc1ccccc1)c1ccc(F)cc1. The molecule has 1 atom stereocenters. The number of rotatable bonds is 7. The van der Waals surface area contributed by atoms with Gasteiger partial charge in [-0.05, 0) is 42.7 Å². The third kappa shape index (κ3) is 4.35. The molecule has 0 aromatic heterocycles. The van der Waals surface area contributed by atoms with E-state index in [4.69, 9.17) is 4.74 Å². The average Bonchev–Trinajstić information content (AvgIpc) is 2.50. The van der Waals surface area contributed by atoms with Crippen LogP contribution in [0.25, 0.3) is 0 Å². The Morgan fingerprint density at radius 1 is 1.00 bits per heavy atom. The Labute approximate surface area is 118 Å². The smallest absolute Gasteiger partial charge is 0.123 e. The lowest BCUT2D eigenvalue weighted by Crippen LogP contribution is -2.07. The van der Waals surface area contributed by atoms with Crippen molar-refractivity contribution in [2.24, 2.45) is 0 Å². The van der Waals surface area contributed by atoms with Crippen LogP contribution in [-0.2, 0) is 0 Å². The van der Waals surface area contributed by atoms with E-state index in [1.165, 1.54) is 12.1 Å². The molecule has 2 rings (SSSR count). The second-order valence-corrected chi connectivity index (χ2v) is 4.73. The maximum Gasteiger partial charge on any atom is 0.123 e. The Kier molecular flexibility index (Phi) is 5.56. The fraction of sp³-hybridized carbons (Fsp3) is 0.294. The van der Waals surface area contributed by atoms with Crippen LogP contribution in [0.1, 0.15) is 24.3 Å². The second-order valence-electron chi connectivity index (χ2n) is 4.73. The molecule has 3 heteroatoms. The normalized spacial score (nSPS) is 12.1. The third-order valence-electron chi connectivity index (χ3n) is 3.27. The molecule has 0 fully saturated rings. The van der Waals surface area contributed by atoms with Gasteiger partial charge in [-0.15, -0.1) is 0 Å². The minimum absolute atomic E-state index is 0.0370. The van der Waals surface area contributed by atoms with Crippen LogP contribution in [0, 0.1) is 5.82 Å². The summed E-state index contributed by atoms with van der Waals surface area (Å²) >= 11 is 0. The Balaban J connectivity index is 1.78. The number of ether oxygens (including phenoxy) is 1. The van der Waals surface area contributed by atoms with Crippen molar-refractivity contribution in [1.29, 1.82) is 0 Å². The van der Waals surface area contributed by atoms with Gasteiger partial charge in [0.05, 0.1) is 6.61 Å². The number of halogens is 1. The summed E-state index contributed by atoms with van der Waals surface area (Å²) in [5, 5.41) is 9.43. The van der Waals surface area contributed by atoms with E-state index in [0.29, 0.717) is 6.61 Å². The van der Waals surface area contributed by atoms with Gasteiger partial charge in [-0.2, -0.15) is 0 Å². The Bertz CT molecular complexity index is 496. The van der Waals surface area contributed by atoms with Gasteiger partial charge in [0.1, 0.15) is 11.6 Å². The fourth-order valence-electron chi connectivity index (χ4n) is 2.13. The van der Waals surface area contributed by atoms with Crippen LogP contribution in [0.5, 0.6) is 5.75 Å². The summed E-state index contributed by atoms with van der Waals surface area (Å²) in [6.07, 6.45) is 1.66. The molecule has 106 valence electrons. The predicted octanol–water partition coefficient (Wildman–Crippen LogP) is 3.76. The average molecular weight is 274 g/mol. The van der Waals surface area contributed by atoms with Crippen molar-refractivity contribution in [3.63, 3.8) is 0 Å². The van der Waals surface area contributed by atoms with Gasteiger partial charge in [0.25, 0.3) is 0 Å². The molecule has 0 bridgehead atoms. The van der Waals surface area contributed by atoms with Crippen molar-refractivity contribution in [2.45, 2.75) is 18.8 Å². The first kappa shape index (κ1) is 14.5. The van der Waals surface area contributed by atoms with E-state index < -0.39 is 0 Å².